The standard InChI is InChI=1S/C20H23F3N2O3/c1-5-6-12-9-13-15-11-24(18(27)28-19(2,3)4)7-8-25(15)17(26)16(13)14(10-12)20(21,22)23/h5-6,9-10,15H,7-8,11H2,1-4H3/b6-5+/t15-/m0/s1. The number of nitrogens with zero attached hydrogens (tertiary/aromatic N) is 2. The highest BCUT2D eigenvalue weighted by Gasteiger charge is 2.47. The summed E-state index contributed by atoms with van der Waals surface area (Å²) >= 11 is 0. The first-order valence-corrected chi connectivity index (χ1v) is 9.09. The maximum absolute atomic E-state index is 13.6. The molecule has 2 aliphatic heterocycles. The SMILES string of the molecule is C/C=C/c1cc2c(c(C(F)(F)F)c1)C(=O)N1CCN(C(=O)OC(C)(C)C)C[C@@H]21. The number of benzene rings is 1. The zero-order chi connectivity index (χ0) is 20.9. The first-order valence-electron chi connectivity index (χ1n) is 9.09. The molecule has 0 spiro atoms. The van der Waals surface area contributed by atoms with Gasteiger partial charge in [0.15, 0.2) is 0 Å². The van der Waals surface area contributed by atoms with Crippen LogP contribution in [0, 0.1) is 0 Å². The zero-order valence-corrected chi connectivity index (χ0v) is 16.3. The summed E-state index contributed by atoms with van der Waals surface area (Å²) in [5.41, 5.74) is -1.24. The Hall–Kier alpha value is -2.51. The number of rotatable bonds is 1. The van der Waals surface area contributed by atoms with E-state index < -0.39 is 35.4 Å². The van der Waals surface area contributed by atoms with E-state index in [4.69, 9.17) is 4.74 Å². The van der Waals surface area contributed by atoms with Crippen LogP contribution in [0.5, 0.6) is 0 Å². The summed E-state index contributed by atoms with van der Waals surface area (Å²) in [7, 11) is 0. The van der Waals surface area contributed by atoms with Gasteiger partial charge in [-0.25, -0.2) is 4.79 Å². The van der Waals surface area contributed by atoms with Crippen LogP contribution < -0.4 is 0 Å². The molecule has 152 valence electrons. The molecular weight excluding hydrogens is 373 g/mol. The second-order valence-electron chi connectivity index (χ2n) is 7.97. The lowest BCUT2D eigenvalue weighted by atomic mass is 9.95. The summed E-state index contributed by atoms with van der Waals surface area (Å²) in [5, 5.41) is 0. The van der Waals surface area contributed by atoms with Crippen molar-refractivity contribution in [2.75, 3.05) is 19.6 Å². The molecule has 5 nitrogen and oxygen atoms in total. The average Bonchev–Trinajstić information content (AvgIpc) is 2.84. The molecule has 0 saturated carbocycles. The van der Waals surface area contributed by atoms with Gasteiger partial charge in [-0.2, -0.15) is 13.2 Å². The van der Waals surface area contributed by atoms with E-state index in [2.05, 4.69) is 0 Å². The van der Waals surface area contributed by atoms with E-state index in [1.165, 1.54) is 9.80 Å². The number of piperazine rings is 1. The van der Waals surface area contributed by atoms with Gasteiger partial charge in [-0.1, -0.05) is 12.2 Å². The second kappa shape index (κ2) is 6.83. The number of hydrogen-bond donors (Lipinski definition) is 0. The van der Waals surface area contributed by atoms with Gasteiger partial charge >= 0.3 is 12.3 Å². The molecule has 0 aromatic heterocycles. The minimum Gasteiger partial charge on any atom is -0.444 e. The molecule has 28 heavy (non-hydrogen) atoms. The summed E-state index contributed by atoms with van der Waals surface area (Å²) in [4.78, 5) is 28.0. The van der Waals surface area contributed by atoms with Crippen LogP contribution in [0.4, 0.5) is 18.0 Å². The van der Waals surface area contributed by atoms with E-state index in [0.29, 0.717) is 11.1 Å². The average molecular weight is 396 g/mol. The minimum absolute atomic E-state index is 0.101. The van der Waals surface area contributed by atoms with Crippen LogP contribution in [0.2, 0.25) is 0 Å². The fraction of sp³-hybridized carbons (Fsp3) is 0.500. The number of fused-ring (bicyclic) bond motifs is 3. The highest BCUT2D eigenvalue weighted by molar-refractivity contribution is 6.01. The molecule has 0 radical (unpaired) electrons. The summed E-state index contributed by atoms with van der Waals surface area (Å²) in [6.07, 6.45) is -1.97. The Morgan fingerprint density at radius 2 is 1.89 bits per heavy atom. The van der Waals surface area contributed by atoms with Crippen LogP contribution in [-0.4, -0.2) is 47.0 Å². The van der Waals surface area contributed by atoms with E-state index in [9.17, 15) is 22.8 Å². The van der Waals surface area contributed by atoms with Crippen LogP contribution in [0.15, 0.2) is 18.2 Å². The van der Waals surface area contributed by atoms with Gasteiger partial charge in [0.05, 0.1) is 17.2 Å². The molecule has 1 aromatic rings. The Balaban J connectivity index is 2.01. The minimum atomic E-state index is -4.64. The van der Waals surface area contributed by atoms with Gasteiger partial charge in [-0.3, -0.25) is 4.79 Å². The monoisotopic (exact) mass is 396 g/mol. The third-order valence-electron chi connectivity index (χ3n) is 4.72. The van der Waals surface area contributed by atoms with Crippen molar-refractivity contribution in [1.82, 2.24) is 9.80 Å². The van der Waals surface area contributed by atoms with Crippen LogP contribution in [0.1, 0.15) is 60.8 Å². The molecule has 1 atom stereocenters. The van der Waals surface area contributed by atoms with Crippen molar-refractivity contribution in [3.8, 4) is 0 Å². The lowest BCUT2D eigenvalue weighted by Gasteiger charge is -2.38. The van der Waals surface area contributed by atoms with Crippen molar-refractivity contribution in [2.24, 2.45) is 0 Å². The molecule has 0 aliphatic carbocycles. The predicted octanol–water partition coefficient (Wildman–Crippen LogP) is 4.49. The molecule has 2 aliphatic rings. The number of halogens is 3. The van der Waals surface area contributed by atoms with E-state index in [1.807, 2.05) is 0 Å². The van der Waals surface area contributed by atoms with Crippen LogP contribution in [0.3, 0.4) is 0 Å². The van der Waals surface area contributed by atoms with Crippen molar-refractivity contribution in [1.29, 1.82) is 0 Å². The van der Waals surface area contributed by atoms with Gasteiger partial charge in [0, 0.05) is 19.6 Å². The van der Waals surface area contributed by atoms with Crippen molar-refractivity contribution >= 4 is 18.1 Å². The Labute approximate surface area is 161 Å². The zero-order valence-electron chi connectivity index (χ0n) is 16.3. The van der Waals surface area contributed by atoms with Gasteiger partial charge in [0.1, 0.15) is 5.60 Å². The summed E-state index contributed by atoms with van der Waals surface area (Å²) < 4.78 is 46.3. The van der Waals surface area contributed by atoms with E-state index in [-0.39, 0.29) is 25.2 Å². The normalized spacial score (nSPS) is 19.8. The Bertz CT molecular complexity index is 840. The van der Waals surface area contributed by atoms with Gasteiger partial charge < -0.3 is 14.5 Å². The van der Waals surface area contributed by atoms with Crippen LogP contribution >= 0.6 is 0 Å². The highest BCUT2D eigenvalue weighted by atomic mass is 19.4. The van der Waals surface area contributed by atoms with Crippen molar-refractivity contribution in [2.45, 2.75) is 45.5 Å². The van der Waals surface area contributed by atoms with Gasteiger partial charge in [-0.05, 0) is 51.0 Å². The maximum atomic E-state index is 13.6. The predicted molar refractivity (Wildman–Crippen MR) is 97.7 cm³/mol. The number of alkyl halides is 3. The summed E-state index contributed by atoms with van der Waals surface area (Å²) in [6, 6.07) is 1.99. The molecular formula is C20H23F3N2O3. The number of carbonyl (C=O) groups excluding carboxylic acids is 2. The van der Waals surface area contributed by atoms with Crippen LogP contribution in [0.25, 0.3) is 6.08 Å². The highest BCUT2D eigenvalue weighted by Crippen LogP contribution is 2.44. The van der Waals surface area contributed by atoms with Gasteiger partial charge in [-0.15, -0.1) is 0 Å². The number of carbonyl (C=O) groups is 2. The molecule has 2 amide bonds. The smallest absolute Gasteiger partial charge is 0.417 e. The third kappa shape index (κ3) is 3.72. The molecule has 1 saturated heterocycles. The Morgan fingerprint density at radius 3 is 2.46 bits per heavy atom. The molecule has 1 aromatic carbocycles. The topological polar surface area (TPSA) is 49.9 Å². The molecule has 8 heteroatoms. The van der Waals surface area contributed by atoms with Crippen molar-refractivity contribution < 1.29 is 27.5 Å². The Morgan fingerprint density at radius 1 is 1.21 bits per heavy atom. The summed E-state index contributed by atoms with van der Waals surface area (Å²) in [5.74, 6) is -0.636. The third-order valence-corrected chi connectivity index (χ3v) is 4.72. The number of allylic oxidation sites excluding steroid dienone is 1. The van der Waals surface area contributed by atoms with Crippen LogP contribution in [-0.2, 0) is 10.9 Å². The maximum Gasteiger partial charge on any atom is 0.417 e. The summed E-state index contributed by atoms with van der Waals surface area (Å²) in [6.45, 7) is 7.42. The molecule has 0 N–H and O–H groups in total. The first kappa shape index (κ1) is 20.2. The quantitative estimate of drug-likeness (QED) is 0.703. The van der Waals surface area contributed by atoms with Crippen molar-refractivity contribution in [3.63, 3.8) is 0 Å². The molecule has 3 rings (SSSR count). The van der Waals surface area contributed by atoms with E-state index in [0.717, 1.165) is 6.07 Å². The lowest BCUT2D eigenvalue weighted by Crippen LogP contribution is -2.50. The van der Waals surface area contributed by atoms with E-state index >= 15 is 0 Å². The largest absolute Gasteiger partial charge is 0.444 e. The fourth-order valence-electron chi connectivity index (χ4n) is 3.63. The molecule has 2 heterocycles. The molecule has 0 bridgehead atoms. The van der Waals surface area contributed by atoms with Gasteiger partial charge in [0.25, 0.3) is 5.91 Å². The Kier molecular flexibility index (Phi) is 4.93. The number of amides is 2. The first-order chi connectivity index (χ1) is 12.9. The molecule has 1 fully saturated rings. The number of ether oxygens (including phenoxy) is 1. The number of hydrogen-bond acceptors (Lipinski definition) is 3. The van der Waals surface area contributed by atoms with Crippen molar-refractivity contribution in [3.05, 3.63) is 40.5 Å². The molecule has 0 unspecified atom stereocenters. The van der Waals surface area contributed by atoms with Gasteiger partial charge in [0.2, 0.25) is 0 Å². The fourth-order valence-corrected chi connectivity index (χ4v) is 3.63. The second-order valence-corrected chi connectivity index (χ2v) is 7.97. The lowest BCUT2D eigenvalue weighted by molar-refractivity contribution is -0.138. The van der Waals surface area contributed by atoms with E-state index in [1.54, 1.807) is 45.9 Å².